The molecule has 27 heavy (non-hydrogen) atoms. The second kappa shape index (κ2) is 9.38. The third kappa shape index (κ3) is 5.69. The Morgan fingerprint density at radius 2 is 1.81 bits per heavy atom. The van der Waals surface area contributed by atoms with E-state index in [1.807, 2.05) is 60.7 Å². The maximum atomic E-state index is 12.4. The minimum atomic E-state index is -0.0497. The summed E-state index contributed by atoms with van der Waals surface area (Å²) in [6, 6.07) is 17.2. The molecule has 1 aliphatic heterocycles. The van der Waals surface area contributed by atoms with Gasteiger partial charge in [0.2, 0.25) is 11.8 Å². The number of hydrogen-bond acceptors (Lipinski definition) is 2. The van der Waals surface area contributed by atoms with Gasteiger partial charge in [0, 0.05) is 36.7 Å². The van der Waals surface area contributed by atoms with Gasteiger partial charge in [-0.1, -0.05) is 54.1 Å². The van der Waals surface area contributed by atoms with Crippen molar-refractivity contribution in [3.8, 4) is 0 Å². The molecule has 1 fully saturated rings. The van der Waals surface area contributed by atoms with Gasteiger partial charge in [0.05, 0.1) is 0 Å². The van der Waals surface area contributed by atoms with Gasteiger partial charge in [-0.15, -0.1) is 0 Å². The van der Waals surface area contributed by atoms with Crippen molar-refractivity contribution in [1.29, 1.82) is 0 Å². The Hall–Kier alpha value is -2.59. The van der Waals surface area contributed by atoms with Crippen molar-refractivity contribution in [3.63, 3.8) is 0 Å². The van der Waals surface area contributed by atoms with Crippen LogP contribution in [-0.2, 0) is 16.1 Å². The van der Waals surface area contributed by atoms with Gasteiger partial charge in [-0.3, -0.25) is 9.59 Å². The van der Waals surface area contributed by atoms with Crippen LogP contribution in [-0.4, -0.2) is 29.8 Å². The van der Waals surface area contributed by atoms with Crippen molar-refractivity contribution >= 4 is 29.5 Å². The number of benzene rings is 2. The molecule has 0 aromatic heterocycles. The average molecular weight is 383 g/mol. The lowest BCUT2D eigenvalue weighted by molar-refractivity contribution is -0.132. The minimum absolute atomic E-state index is 0.00311. The lowest BCUT2D eigenvalue weighted by atomic mass is 9.95. The highest BCUT2D eigenvalue weighted by Crippen LogP contribution is 2.18. The van der Waals surface area contributed by atoms with E-state index in [-0.39, 0.29) is 17.7 Å². The molecule has 2 aromatic carbocycles. The molecule has 2 amide bonds. The zero-order valence-electron chi connectivity index (χ0n) is 15.1. The number of hydrogen-bond donors (Lipinski definition) is 1. The fourth-order valence-corrected chi connectivity index (χ4v) is 3.39. The van der Waals surface area contributed by atoms with Gasteiger partial charge in [0.1, 0.15) is 0 Å². The lowest BCUT2D eigenvalue weighted by Gasteiger charge is -2.30. The van der Waals surface area contributed by atoms with E-state index in [2.05, 4.69) is 5.32 Å². The Labute approximate surface area is 164 Å². The van der Waals surface area contributed by atoms with Gasteiger partial charge in [0.15, 0.2) is 0 Å². The smallest absolute Gasteiger partial charge is 0.246 e. The van der Waals surface area contributed by atoms with Crippen molar-refractivity contribution in [3.05, 3.63) is 76.8 Å². The highest BCUT2D eigenvalue weighted by atomic mass is 35.5. The summed E-state index contributed by atoms with van der Waals surface area (Å²) in [6.45, 7) is 1.68. The van der Waals surface area contributed by atoms with Crippen LogP contribution in [0.3, 0.4) is 0 Å². The third-order valence-corrected chi connectivity index (χ3v) is 4.99. The van der Waals surface area contributed by atoms with E-state index in [4.69, 9.17) is 11.6 Å². The molecule has 2 aromatic rings. The highest BCUT2D eigenvalue weighted by Gasteiger charge is 2.26. The molecule has 1 N–H and O–H groups in total. The van der Waals surface area contributed by atoms with Crippen LogP contribution >= 0.6 is 11.6 Å². The van der Waals surface area contributed by atoms with Crippen LogP contribution in [0, 0.1) is 5.92 Å². The molecule has 3 rings (SSSR count). The summed E-state index contributed by atoms with van der Waals surface area (Å²) in [7, 11) is 0. The van der Waals surface area contributed by atoms with E-state index in [1.165, 1.54) is 0 Å². The number of halogens is 1. The average Bonchev–Trinajstić information content (AvgIpc) is 2.71. The second-order valence-electron chi connectivity index (χ2n) is 6.69. The van der Waals surface area contributed by atoms with Gasteiger partial charge in [-0.05, 0) is 42.2 Å². The fraction of sp³-hybridized carbons (Fsp3) is 0.273. The Balaban J connectivity index is 1.44. The molecule has 0 radical (unpaired) electrons. The quantitative estimate of drug-likeness (QED) is 0.797. The molecule has 1 saturated heterocycles. The molecular formula is C22H23ClN2O2. The van der Waals surface area contributed by atoms with Crippen LogP contribution in [0.15, 0.2) is 60.7 Å². The summed E-state index contributed by atoms with van der Waals surface area (Å²) in [5, 5.41) is 3.64. The molecule has 0 bridgehead atoms. The van der Waals surface area contributed by atoms with E-state index in [9.17, 15) is 9.59 Å². The number of amides is 2. The van der Waals surface area contributed by atoms with Gasteiger partial charge in [-0.2, -0.15) is 0 Å². The number of nitrogens with one attached hydrogen (secondary N) is 1. The molecule has 140 valence electrons. The van der Waals surface area contributed by atoms with Crippen molar-refractivity contribution in [2.24, 2.45) is 5.92 Å². The molecule has 5 heteroatoms. The van der Waals surface area contributed by atoms with Crippen LogP contribution in [0.2, 0.25) is 5.02 Å². The number of rotatable bonds is 5. The summed E-state index contributed by atoms with van der Waals surface area (Å²) >= 11 is 5.96. The first-order valence-electron chi connectivity index (χ1n) is 9.16. The van der Waals surface area contributed by atoms with Crippen molar-refractivity contribution < 1.29 is 9.59 Å². The molecule has 0 aliphatic carbocycles. The van der Waals surface area contributed by atoms with E-state index in [0.29, 0.717) is 37.5 Å². The van der Waals surface area contributed by atoms with Crippen LogP contribution in [0.5, 0.6) is 0 Å². The fourth-order valence-electron chi connectivity index (χ4n) is 3.18. The molecule has 0 atom stereocenters. The summed E-state index contributed by atoms with van der Waals surface area (Å²) in [5.74, 6) is -0.00937. The van der Waals surface area contributed by atoms with E-state index < -0.39 is 0 Å². The van der Waals surface area contributed by atoms with E-state index in [0.717, 1.165) is 11.1 Å². The molecule has 4 nitrogen and oxygen atoms in total. The van der Waals surface area contributed by atoms with Crippen LogP contribution in [0.1, 0.15) is 24.0 Å². The molecule has 0 spiro atoms. The Morgan fingerprint density at radius 1 is 1.07 bits per heavy atom. The third-order valence-electron chi connectivity index (χ3n) is 4.75. The summed E-state index contributed by atoms with van der Waals surface area (Å²) in [6.07, 6.45) is 4.81. The zero-order chi connectivity index (χ0) is 19.1. The van der Waals surface area contributed by atoms with Gasteiger partial charge >= 0.3 is 0 Å². The minimum Gasteiger partial charge on any atom is -0.352 e. The topological polar surface area (TPSA) is 49.4 Å². The number of piperidine rings is 1. The molecule has 0 saturated carbocycles. The lowest BCUT2D eigenvalue weighted by Crippen LogP contribution is -2.42. The predicted octanol–water partition coefficient (Wildman–Crippen LogP) is 3.91. The van der Waals surface area contributed by atoms with E-state index in [1.54, 1.807) is 11.0 Å². The van der Waals surface area contributed by atoms with Gasteiger partial charge < -0.3 is 10.2 Å². The molecule has 1 aliphatic rings. The van der Waals surface area contributed by atoms with E-state index >= 15 is 0 Å². The number of likely N-dealkylation sites (tertiary alicyclic amines) is 1. The first-order valence-corrected chi connectivity index (χ1v) is 9.54. The van der Waals surface area contributed by atoms with Crippen LogP contribution in [0.4, 0.5) is 0 Å². The maximum Gasteiger partial charge on any atom is 0.246 e. The number of nitrogens with zero attached hydrogens (tertiary/aromatic N) is 1. The first-order chi connectivity index (χ1) is 13.1. The number of carbonyl (C=O) groups excluding carboxylic acids is 2. The normalized spacial score (nSPS) is 15.1. The Morgan fingerprint density at radius 3 is 2.52 bits per heavy atom. The van der Waals surface area contributed by atoms with Gasteiger partial charge in [0.25, 0.3) is 0 Å². The zero-order valence-corrected chi connectivity index (χ0v) is 15.9. The van der Waals surface area contributed by atoms with Gasteiger partial charge in [-0.25, -0.2) is 0 Å². The highest BCUT2D eigenvalue weighted by molar-refractivity contribution is 6.30. The van der Waals surface area contributed by atoms with Crippen LogP contribution in [0.25, 0.3) is 6.08 Å². The SMILES string of the molecule is O=C(NCc1cccc(Cl)c1)C1CCN(C(=O)/C=C/c2ccccc2)CC1. The standard InChI is InChI=1S/C22H23ClN2O2/c23-20-8-4-7-18(15-20)16-24-22(27)19-11-13-25(14-12-19)21(26)10-9-17-5-2-1-3-6-17/h1-10,15,19H,11-14,16H2,(H,24,27)/b10-9+. The van der Waals surface area contributed by atoms with Crippen molar-refractivity contribution in [2.45, 2.75) is 19.4 Å². The van der Waals surface area contributed by atoms with Crippen molar-refractivity contribution in [2.75, 3.05) is 13.1 Å². The maximum absolute atomic E-state index is 12.4. The second-order valence-corrected chi connectivity index (χ2v) is 7.13. The molecular weight excluding hydrogens is 360 g/mol. The predicted molar refractivity (Wildman–Crippen MR) is 108 cm³/mol. The molecule has 0 unspecified atom stereocenters. The monoisotopic (exact) mass is 382 g/mol. The largest absolute Gasteiger partial charge is 0.352 e. The molecule has 1 heterocycles. The summed E-state index contributed by atoms with van der Waals surface area (Å²) in [4.78, 5) is 26.5. The Kier molecular flexibility index (Phi) is 6.66. The summed E-state index contributed by atoms with van der Waals surface area (Å²) < 4.78 is 0. The summed E-state index contributed by atoms with van der Waals surface area (Å²) in [5.41, 5.74) is 1.98. The van der Waals surface area contributed by atoms with Crippen molar-refractivity contribution in [1.82, 2.24) is 10.2 Å². The van der Waals surface area contributed by atoms with Crippen LogP contribution < -0.4 is 5.32 Å². The first kappa shape index (κ1) is 19.2. The Bertz CT molecular complexity index is 812. The number of carbonyl (C=O) groups is 2.